The highest BCUT2D eigenvalue weighted by Gasteiger charge is 2.51. The number of aryl methyl sites for hydroxylation is 2. The molecule has 1 aromatic heterocycles. The van der Waals surface area contributed by atoms with Gasteiger partial charge in [-0.25, -0.2) is 9.83 Å². The minimum absolute atomic E-state index is 0.00786. The fourth-order valence-electron chi connectivity index (χ4n) is 9.56. The Morgan fingerprint density at radius 3 is 2.35 bits per heavy atom. The van der Waals surface area contributed by atoms with Crippen LogP contribution in [0.5, 0.6) is 11.5 Å². The van der Waals surface area contributed by atoms with Crippen molar-refractivity contribution in [1.29, 1.82) is 0 Å². The number of amides is 3. The van der Waals surface area contributed by atoms with Gasteiger partial charge >= 0.3 is 6.18 Å². The Morgan fingerprint density at radius 1 is 0.986 bits per heavy atom. The van der Waals surface area contributed by atoms with Crippen LogP contribution in [0.3, 0.4) is 0 Å². The lowest BCUT2D eigenvalue weighted by Gasteiger charge is -2.35. The van der Waals surface area contributed by atoms with E-state index >= 15 is 0 Å². The number of β-amino-alcohol motifs (C(OH)–C–C–N with tert-alkyl or cyclic N) is 1. The van der Waals surface area contributed by atoms with Crippen molar-refractivity contribution < 1.29 is 46.9 Å². The molecule has 4 aromatic carbocycles. The van der Waals surface area contributed by atoms with Crippen molar-refractivity contribution in [2.45, 2.75) is 103 Å². The maximum absolute atomic E-state index is 14.3. The van der Waals surface area contributed by atoms with Crippen LogP contribution in [-0.4, -0.2) is 92.0 Å². The Kier molecular flexibility index (Phi) is 14.7. The van der Waals surface area contributed by atoms with Crippen molar-refractivity contribution in [2.75, 3.05) is 29.6 Å². The van der Waals surface area contributed by atoms with Crippen molar-refractivity contribution in [3.05, 3.63) is 130 Å². The van der Waals surface area contributed by atoms with E-state index in [1.165, 1.54) is 22.3 Å². The van der Waals surface area contributed by atoms with E-state index < -0.39 is 47.1 Å². The van der Waals surface area contributed by atoms with Crippen LogP contribution in [0.25, 0.3) is 15.3 Å². The van der Waals surface area contributed by atoms with Crippen LogP contribution in [0.4, 0.5) is 30.2 Å². The van der Waals surface area contributed by atoms with Gasteiger partial charge in [-0.15, -0.1) is 11.3 Å². The van der Waals surface area contributed by atoms with Crippen molar-refractivity contribution in [2.24, 2.45) is 5.92 Å². The topological polar surface area (TPSA) is 137 Å². The molecule has 2 fully saturated rings. The molecule has 3 aliphatic heterocycles. The molecule has 13 nitrogen and oxygen atoms in total. The standard InChI is InChI=1S/C53H53F3N6O7S2/c1-31(2)46(60-28-35-11-7-8-12-40(35)48(60)65)49(66)59-29-38(63)27-43(59)44(64)22-15-33-13-14-34(47-32(3)58-30-71-47)25-45(33)69-24-10-9-23-68-39-19-16-36(17-20-39)62-51(70)61(50(67)52(62,4)5)37-18-21-42(57-6)41(26-37)53(54,55)56/h7-8,11-14,16-21,25-26,30-31,38,43,46,63H,9-10,15,22-24,27-29H2,1-5H3/t38-,43-,46-/m0/s1. The Labute approximate surface area is 419 Å². The first-order chi connectivity index (χ1) is 33.8. The zero-order chi connectivity index (χ0) is 50.9. The number of rotatable bonds is 17. The molecule has 5 aromatic rings. The molecule has 0 aliphatic carbocycles. The molecule has 4 heterocycles. The summed E-state index contributed by atoms with van der Waals surface area (Å²) in [5.41, 5.74) is 3.30. The molecule has 370 valence electrons. The Morgan fingerprint density at radius 2 is 1.69 bits per heavy atom. The number of Topliss-reactive ketones (excluding diaryl/α,β-unsaturated/α-hetero) is 1. The molecule has 8 rings (SSSR count). The third-order valence-electron chi connectivity index (χ3n) is 13.2. The number of thiocarbonyl (C=S) groups is 1. The van der Waals surface area contributed by atoms with E-state index in [1.807, 2.05) is 51.1 Å². The molecular formula is C53H53F3N6O7S2. The number of carbonyl (C=O) groups excluding carboxylic acids is 4. The van der Waals surface area contributed by atoms with E-state index in [-0.39, 0.29) is 53.7 Å². The van der Waals surface area contributed by atoms with Crippen molar-refractivity contribution in [3.8, 4) is 21.9 Å². The highest BCUT2D eigenvalue weighted by atomic mass is 32.1. The summed E-state index contributed by atoms with van der Waals surface area (Å²) in [7, 11) is 0. The predicted molar refractivity (Wildman–Crippen MR) is 268 cm³/mol. The summed E-state index contributed by atoms with van der Waals surface area (Å²) >= 11 is 7.19. The minimum atomic E-state index is -4.80. The summed E-state index contributed by atoms with van der Waals surface area (Å²) < 4.78 is 53.9. The zero-order valence-electron chi connectivity index (χ0n) is 39.9. The lowest BCUT2D eigenvalue weighted by molar-refractivity contribution is -0.142. The van der Waals surface area contributed by atoms with Crippen LogP contribution in [-0.2, 0) is 33.5 Å². The largest absolute Gasteiger partial charge is 0.494 e. The summed E-state index contributed by atoms with van der Waals surface area (Å²) in [6, 6.07) is 21.5. The lowest BCUT2D eigenvalue weighted by atomic mass is 9.97. The van der Waals surface area contributed by atoms with Gasteiger partial charge in [0.2, 0.25) is 5.91 Å². The molecule has 1 N–H and O–H groups in total. The number of unbranched alkanes of at least 4 members (excludes halogenated alkanes) is 1. The van der Waals surface area contributed by atoms with Crippen LogP contribution in [0.15, 0.2) is 90.4 Å². The number of fused-ring (bicyclic) bond motifs is 1. The first-order valence-electron chi connectivity index (χ1n) is 23.4. The first kappa shape index (κ1) is 50.7. The summed E-state index contributed by atoms with van der Waals surface area (Å²) in [6.45, 7) is 17.1. The average molecular weight is 1010 g/mol. The number of aromatic nitrogens is 1. The van der Waals surface area contributed by atoms with E-state index in [0.717, 1.165) is 44.3 Å². The van der Waals surface area contributed by atoms with Gasteiger partial charge in [0.15, 0.2) is 16.6 Å². The summed E-state index contributed by atoms with van der Waals surface area (Å²) in [5.74, 6) is -0.334. The number of ether oxygens (including phenoxy) is 2. The van der Waals surface area contributed by atoms with Crippen molar-refractivity contribution >= 4 is 69.2 Å². The first-order valence-corrected chi connectivity index (χ1v) is 24.7. The number of hydrogen-bond donors (Lipinski definition) is 1. The van der Waals surface area contributed by atoms with E-state index in [2.05, 4.69) is 9.83 Å². The molecular weight excluding hydrogens is 954 g/mol. The molecule has 3 aliphatic rings. The molecule has 0 saturated carbocycles. The van der Waals surface area contributed by atoms with Gasteiger partial charge in [-0.2, -0.15) is 13.2 Å². The second-order valence-corrected chi connectivity index (χ2v) is 20.0. The third-order valence-corrected chi connectivity index (χ3v) is 14.6. The highest BCUT2D eigenvalue weighted by Crippen LogP contribution is 2.42. The van der Waals surface area contributed by atoms with Gasteiger partial charge in [0.05, 0.1) is 53.6 Å². The number of aliphatic hydroxyl groups is 1. The maximum Gasteiger partial charge on any atom is 0.407 e. The number of nitrogens with zero attached hydrogens (tertiary/aromatic N) is 6. The van der Waals surface area contributed by atoms with Gasteiger partial charge in [0.1, 0.15) is 23.1 Å². The van der Waals surface area contributed by atoms with Gasteiger partial charge < -0.3 is 29.3 Å². The summed E-state index contributed by atoms with van der Waals surface area (Å²) in [4.78, 5) is 69.6. The number of benzene rings is 4. The van der Waals surface area contributed by atoms with Gasteiger partial charge in [0.25, 0.3) is 11.8 Å². The molecule has 0 bridgehead atoms. The highest BCUT2D eigenvalue weighted by molar-refractivity contribution is 7.81. The fourth-order valence-corrected chi connectivity index (χ4v) is 10.9. The van der Waals surface area contributed by atoms with Crippen LogP contribution < -0.4 is 19.3 Å². The summed E-state index contributed by atoms with van der Waals surface area (Å²) in [6.07, 6.45) is -3.88. The zero-order valence-corrected chi connectivity index (χ0v) is 41.5. The second-order valence-electron chi connectivity index (χ2n) is 18.8. The second kappa shape index (κ2) is 20.6. The van der Waals surface area contributed by atoms with Crippen LogP contribution in [0, 0.1) is 19.4 Å². The molecule has 3 atom stereocenters. The number of thiazole rings is 1. The third kappa shape index (κ3) is 10.3. The lowest BCUT2D eigenvalue weighted by Crippen LogP contribution is -2.54. The fraction of sp³-hybridized carbons (Fsp3) is 0.377. The van der Waals surface area contributed by atoms with Gasteiger partial charge in [-0.1, -0.05) is 50.2 Å². The molecule has 3 amide bonds. The number of likely N-dealkylation sites (tertiary alicyclic amines) is 1. The minimum Gasteiger partial charge on any atom is -0.494 e. The van der Waals surface area contributed by atoms with Crippen LogP contribution in [0.2, 0.25) is 0 Å². The number of ketones is 1. The molecule has 2 saturated heterocycles. The average Bonchev–Trinajstić information content (AvgIpc) is 4.08. The Bertz CT molecular complexity index is 2920. The molecule has 0 radical (unpaired) electrons. The molecule has 0 spiro atoms. The Hall–Kier alpha value is -6.68. The maximum atomic E-state index is 14.3. The van der Waals surface area contributed by atoms with Crippen molar-refractivity contribution in [1.82, 2.24) is 14.8 Å². The van der Waals surface area contributed by atoms with E-state index in [4.69, 9.17) is 28.3 Å². The smallest absolute Gasteiger partial charge is 0.407 e. The SMILES string of the molecule is [C-]#[N+]c1ccc(N2C(=O)C(C)(C)N(c3ccc(OCCCCOc4cc(-c5scnc5C)ccc4CCC(=O)[C@@H]4C[C@H](O)CN4C(=O)[C@H](C(C)C)N4Cc5ccccc5C4=O)cc3)C2=S)cc1C(F)(F)F. The van der Waals surface area contributed by atoms with Gasteiger partial charge in [-0.05, 0) is 123 Å². The number of hydrogen-bond acceptors (Lipinski definition) is 10. The van der Waals surface area contributed by atoms with Crippen LogP contribution >= 0.6 is 23.6 Å². The molecule has 0 unspecified atom stereocenters. The predicted octanol–water partition coefficient (Wildman–Crippen LogP) is 9.99. The van der Waals surface area contributed by atoms with Gasteiger partial charge in [-0.3, -0.25) is 24.1 Å². The number of aliphatic hydroxyl groups excluding tert-OH is 1. The number of alkyl halides is 3. The normalized spacial score (nSPS) is 18.1. The van der Waals surface area contributed by atoms with E-state index in [9.17, 15) is 37.5 Å². The number of carbonyl (C=O) groups is 4. The van der Waals surface area contributed by atoms with E-state index in [1.54, 1.807) is 65.6 Å². The number of anilines is 2. The quantitative estimate of drug-likeness (QED) is 0.0545. The summed E-state index contributed by atoms with van der Waals surface area (Å²) in [5, 5.41) is 10.8. The van der Waals surface area contributed by atoms with E-state index in [0.29, 0.717) is 61.8 Å². The molecule has 71 heavy (non-hydrogen) atoms. The molecule has 18 heteroatoms. The monoisotopic (exact) mass is 1010 g/mol. The number of halogens is 3. The van der Waals surface area contributed by atoms with Crippen molar-refractivity contribution in [3.63, 3.8) is 0 Å². The van der Waals surface area contributed by atoms with Crippen LogP contribution in [0.1, 0.15) is 86.1 Å². The van der Waals surface area contributed by atoms with Gasteiger partial charge in [0, 0.05) is 42.9 Å². The Balaban J connectivity index is 0.877.